The SMILES string of the molecule is Cc1ccc2c(cnn2C2CCCCO2)c1Oc1ccnc(Cl)c1[N+](=O)[O-]. The Labute approximate surface area is 159 Å². The predicted octanol–water partition coefficient (Wildman–Crippen LogP) is 4.79. The van der Waals surface area contributed by atoms with E-state index in [-0.39, 0.29) is 22.8 Å². The van der Waals surface area contributed by atoms with Crippen LogP contribution >= 0.6 is 11.6 Å². The van der Waals surface area contributed by atoms with E-state index in [1.807, 2.05) is 23.7 Å². The molecule has 1 fully saturated rings. The van der Waals surface area contributed by atoms with Crippen molar-refractivity contribution in [2.24, 2.45) is 0 Å². The van der Waals surface area contributed by atoms with E-state index in [2.05, 4.69) is 10.1 Å². The molecular formula is C18H17ClN4O4. The fraction of sp³-hybridized carbons (Fsp3) is 0.333. The molecule has 0 bridgehead atoms. The molecule has 1 unspecified atom stereocenters. The monoisotopic (exact) mass is 388 g/mol. The van der Waals surface area contributed by atoms with Gasteiger partial charge in [-0.15, -0.1) is 0 Å². The molecule has 1 atom stereocenters. The van der Waals surface area contributed by atoms with Crippen LogP contribution in [-0.2, 0) is 4.74 Å². The van der Waals surface area contributed by atoms with Crippen molar-refractivity contribution in [3.63, 3.8) is 0 Å². The molecule has 2 aromatic heterocycles. The third-order valence-corrected chi connectivity index (χ3v) is 4.87. The van der Waals surface area contributed by atoms with Gasteiger partial charge in [-0.25, -0.2) is 9.67 Å². The molecule has 0 radical (unpaired) electrons. The Bertz CT molecular complexity index is 1010. The molecule has 1 aliphatic heterocycles. The van der Waals surface area contributed by atoms with Crippen LogP contribution in [0.2, 0.25) is 5.15 Å². The summed E-state index contributed by atoms with van der Waals surface area (Å²) in [4.78, 5) is 14.5. The van der Waals surface area contributed by atoms with Gasteiger partial charge in [-0.2, -0.15) is 5.10 Å². The number of halogens is 1. The molecule has 140 valence electrons. The number of rotatable bonds is 4. The van der Waals surface area contributed by atoms with Crippen LogP contribution in [0.4, 0.5) is 5.69 Å². The Hall–Kier alpha value is -2.71. The van der Waals surface area contributed by atoms with Crippen molar-refractivity contribution in [1.29, 1.82) is 0 Å². The summed E-state index contributed by atoms with van der Waals surface area (Å²) in [5.74, 6) is 0.539. The van der Waals surface area contributed by atoms with E-state index in [9.17, 15) is 10.1 Å². The highest BCUT2D eigenvalue weighted by molar-refractivity contribution is 6.31. The zero-order valence-corrected chi connectivity index (χ0v) is 15.3. The number of ether oxygens (including phenoxy) is 2. The second-order valence-corrected chi connectivity index (χ2v) is 6.72. The molecule has 4 rings (SSSR count). The number of pyridine rings is 1. The Morgan fingerprint density at radius 2 is 2.22 bits per heavy atom. The molecule has 1 saturated heterocycles. The van der Waals surface area contributed by atoms with Crippen molar-refractivity contribution in [3.05, 3.63) is 51.4 Å². The molecule has 9 heteroatoms. The van der Waals surface area contributed by atoms with E-state index >= 15 is 0 Å². The lowest BCUT2D eigenvalue weighted by Crippen LogP contribution is -2.18. The molecule has 1 aromatic carbocycles. The molecule has 0 amide bonds. The minimum absolute atomic E-state index is 0.0391. The van der Waals surface area contributed by atoms with Crippen molar-refractivity contribution in [1.82, 2.24) is 14.8 Å². The smallest absolute Gasteiger partial charge is 0.348 e. The van der Waals surface area contributed by atoms with Gasteiger partial charge in [0.15, 0.2) is 6.23 Å². The molecule has 8 nitrogen and oxygen atoms in total. The highest BCUT2D eigenvalue weighted by Gasteiger charge is 2.24. The minimum atomic E-state index is -0.598. The van der Waals surface area contributed by atoms with Gasteiger partial charge >= 0.3 is 5.69 Å². The molecule has 0 N–H and O–H groups in total. The maximum absolute atomic E-state index is 11.4. The van der Waals surface area contributed by atoms with Crippen LogP contribution in [0.15, 0.2) is 30.6 Å². The van der Waals surface area contributed by atoms with Gasteiger partial charge < -0.3 is 9.47 Å². The van der Waals surface area contributed by atoms with Crippen LogP contribution in [-0.4, -0.2) is 26.3 Å². The van der Waals surface area contributed by atoms with Gasteiger partial charge in [-0.3, -0.25) is 10.1 Å². The number of aromatic nitrogens is 3. The van der Waals surface area contributed by atoms with Crippen LogP contribution in [0.1, 0.15) is 31.1 Å². The molecule has 1 aliphatic rings. The summed E-state index contributed by atoms with van der Waals surface area (Å²) in [5, 5.41) is 16.4. The Balaban J connectivity index is 1.79. The Morgan fingerprint density at radius 3 is 2.96 bits per heavy atom. The van der Waals surface area contributed by atoms with Gasteiger partial charge in [-0.1, -0.05) is 17.7 Å². The highest BCUT2D eigenvalue weighted by atomic mass is 35.5. The first-order valence-corrected chi connectivity index (χ1v) is 8.99. The number of benzene rings is 1. The maximum Gasteiger partial charge on any atom is 0.348 e. The minimum Gasteiger partial charge on any atom is -0.449 e. The van der Waals surface area contributed by atoms with Crippen molar-refractivity contribution >= 4 is 28.2 Å². The normalized spacial score (nSPS) is 17.2. The predicted molar refractivity (Wildman–Crippen MR) is 99.3 cm³/mol. The number of nitro groups is 1. The van der Waals surface area contributed by atoms with Crippen LogP contribution in [0.5, 0.6) is 11.5 Å². The van der Waals surface area contributed by atoms with Crippen LogP contribution in [0.3, 0.4) is 0 Å². The topological polar surface area (TPSA) is 92.3 Å². The second kappa shape index (κ2) is 7.13. The summed E-state index contributed by atoms with van der Waals surface area (Å²) in [6.07, 6.45) is 5.99. The second-order valence-electron chi connectivity index (χ2n) is 6.36. The average molecular weight is 389 g/mol. The molecule has 27 heavy (non-hydrogen) atoms. The molecule has 0 spiro atoms. The lowest BCUT2D eigenvalue weighted by Gasteiger charge is -2.23. The van der Waals surface area contributed by atoms with E-state index in [1.165, 1.54) is 12.3 Å². The molecular weight excluding hydrogens is 372 g/mol. The van der Waals surface area contributed by atoms with Gasteiger partial charge in [0.05, 0.1) is 22.0 Å². The quantitative estimate of drug-likeness (QED) is 0.362. The number of aryl methyl sites for hydroxylation is 1. The Morgan fingerprint density at radius 1 is 1.37 bits per heavy atom. The van der Waals surface area contributed by atoms with Gasteiger partial charge in [0, 0.05) is 18.9 Å². The summed E-state index contributed by atoms with van der Waals surface area (Å²) in [6, 6.07) is 5.28. The fourth-order valence-corrected chi connectivity index (χ4v) is 3.47. The fourth-order valence-electron chi connectivity index (χ4n) is 3.26. The summed E-state index contributed by atoms with van der Waals surface area (Å²) in [6.45, 7) is 2.58. The average Bonchev–Trinajstić information content (AvgIpc) is 3.09. The summed E-state index contributed by atoms with van der Waals surface area (Å²) in [5.41, 5.74) is 1.32. The van der Waals surface area contributed by atoms with Gasteiger partial charge in [0.1, 0.15) is 5.75 Å². The number of fused-ring (bicyclic) bond motifs is 1. The summed E-state index contributed by atoms with van der Waals surface area (Å²) >= 11 is 5.89. The van der Waals surface area contributed by atoms with E-state index in [0.29, 0.717) is 12.4 Å². The van der Waals surface area contributed by atoms with E-state index in [0.717, 1.165) is 35.7 Å². The Kier molecular flexibility index (Phi) is 4.67. The van der Waals surface area contributed by atoms with Gasteiger partial charge in [-0.05, 0) is 37.8 Å². The molecule has 3 aromatic rings. The summed E-state index contributed by atoms with van der Waals surface area (Å²) in [7, 11) is 0. The molecule has 3 heterocycles. The zero-order chi connectivity index (χ0) is 19.0. The van der Waals surface area contributed by atoms with E-state index in [1.54, 1.807) is 6.20 Å². The van der Waals surface area contributed by atoms with Crippen molar-refractivity contribution < 1.29 is 14.4 Å². The molecule has 0 aliphatic carbocycles. The maximum atomic E-state index is 11.4. The molecule has 0 saturated carbocycles. The third kappa shape index (κ3) is 3.22. The number of hydrogen-bond donors (Lipinski definition) is 0. The van der Waals surface area contributed by atoms with Crippen molar-refractivity contribution in [3.8, 4) is 11.5 Å². The first kappa shape index (κ1) is 17.7. The summed E-state index contributed by atoms with van der Waals surface area (Å²) < 4.78 is 13.6. The van der Waals surface area contributed by atoms with Crippen LogP contribution in [0, 0.1) is 17.0 Å². The first-order valence-electron chi connectivity index (χ1n) is 8.61. The van der Waals surface area contributed by atoms with Crippen LogP contribution < -0.4 is 4.74 Å². The first-order chi connectivity index (χ1) is 13.1. The number of nitrogens with zero attached hydrogens (tertiary/aromatic N) is 4. The van der Waals surface area contributed by atoms with Gasteiger partial charge in [0.25, 0.3) is 0 Å². The van der Waals surface area contributed by atoms with Gasteiger partial charge in [0.2, 0.25) is 10.9 Å². The van der Waals surface area contributed by atoms with E-state index < -0.39 is 4.92 Å². The largest absolute Gasteiger partial charge is 0.449 e. The third-order valence-electron chi connectivity index (χ3n) is 4.59. The van der Waals surface area contributed by atoms with Crippen molar-refractivity contribution in [2.45, 2.75) is 32.4 Å². The lowest BCUT2D eigenvalue weighted by molar-refractivity contribution is -0.385. The highest BCUT2D eigenvalue weighted by Crippen LogP contribution is 2.40. The zero-order valence-electron chi connectivity index (χ0n) is 14.6. The number of hydrogen-bond acceptors (Lipinski definition) is 6. The standard InChI is InChI=1S/C18H17ClN4O4/c1-11-5-6-13-12(10-21-22(13)15-4-2-3-9-26-15)17(11)27-14-7-8-20-18(19)16(14)23(24)25/h5-8,10,15H,2-4,9H2,1H3. The lowest BCUT2D eigenvalue weighted by atomic mass is 10.1. The van der Waals surface area contributed by atoms with E-state index in [4.69, 9.17) is 21.1 Å². The van der Waals surface area contributed by atoms with Crippen LogP contribution in [0.25, 0.3) is 10.9 Å². The van der Waals surface area contributed by atoms with Crippen molar-refractivity contribution in [2.75, 3.05) is 6.61 Å².